The molecule has 2 atom stereocenters. The number of aromatic amines is 1. The number of ether oxygens (including phenoxy) is 1. The summed E-state index contributed by atoms with van der Waals surface area (Å²) in [6, 6.07) is 0. The van der Waals surface area contributed by atoms with Gasteiger partial charge in [-0.1, -0.05) is 0 Å². The molecule has 3 heterocycles. The molecule has 2 aromatic heterocycles. The third-order valence-electron chi connectivity index (χ3n) is 4.52. The molecule has 7 heteroatoms. The Kier molecular flexibility index (Phi) is 3.67. The lowest BCUT2D eigenvalue weighted by Gasteiger charge is -2.18. The number of hydrogen-bond acceptors (Lipinski definition) is 5. The quantitative estimate of drug-likeness (QED) is 0.840. The van der Waals surface area contributed by atoms with E-state index in [1.807, 2.05) is 24.0 Å². The van der Waals surface area contributed by atoms with Crippen LogP contribution in [0.3, 0.4) is 0 Å². The molecule has 7 nitrogen and oxygen atoms in total. The van der Waals surface area contributed by atoms with Crippen molar-refractivity contribution in [3.05, 3.63) is 29.9 Å². The summed E-state index contributed by atoms with van der Waals surface area (Å²) in [4.78, 5) is 8.97. The molecule has 1 aliphatic heterocycles. The molecule has 2 fully saturated rings. The van der Waals surface area contributed by atoms with Crippen LogP contribution in [0.5, 0.6) is 0 Å². The molecule has 22 heavy (non-hydrogen) atoms. The van der Waals surface area contributed by atoms with Crippen LogP contribution in [0.25, 0.3) is 0 Å². The van der Waals surface area contributed by atoms with Gasteiger partial charge in [0.15, 0.2) is 5.82 Å². The summed E-state index contributed by atoms with van der Waals surface area (Å²) < 4.78 is 7.92. The lowest BCUT2D eigenvalue weighted by molar-refractivity contribution is 0.0810. The zero-order valence-electron chi connectivity index (χ0n) is 12.8. The van der Waals surface area contributed by atoms with Gasteiger partial charge in [-0.2, -0.15) is 5.10 Å². The molecule has 0 bridgehead atoms. The molecule has 1 saturated heterocycles. The number of nitrogens with one attached hydrogen (secondary N) is 2. The maximum atomic E-state index is 5.88. The van der Waals surface area contributed by atoms with Crippen molar-refractivity contribution in [3.8, 4) is 0 Å². The van der Waals surface area contributed by atoms with E-state index in [2.05, 4.69) is 25.5 Å². The van der Waals surface area contributed by atoms with Crippen molar-refractivity contribution in [2.75, 3.05) is 13.2 Å². The number of hydrogen-bond donors (Lipinski definition) is 2. The summed E-state index contributed by atoms with van der Waals surface area (Å²) >= 11 is 0. The van der Waals surface area contributed by atoms with Gasteiger partial charge in [-0.3, -0.25) is 5.10 Å². The number of nitrogens with zero attached hydrogens (tertiary/aromatic N) is 4. The molecule has 2 N–H and O–H groups in total. The molecule has 1 saturated carbocycles. The Morgan fingerprint density at radius 3 is 3.09 bits per heavy atom. The standard InChI is InChI=1S/C15H22N6O/c1-21-6-5-17-15(21)13-11(4-7-22-13)8-16-9-12-18-14(20-19-12)10-2-3-10/h5-6,10-11,13,16H,2-4,7-9H2,1H3,(H,18,19,20)/t11-,13+/m0/s1. The van der Waals surface area contributed by atoms with E-state index in [9.17, 15) is 0 Å². The van der Waals surface area contributed by atoms with Gasteiger partial charge >= 0.3 is 0 Å². The molecule has 118 valence electrons. The van der Waals surface area contributed by atoms with Crippen molar-refractivity contribution in [1.29, 1.82) is 0 Å². The molecule has 0 amide bonds. The second kappa shape index (κ2) is 5.81. The van der Waals surface area contributed by atoms with Crippen LogP contribution < -0.4 is 5.32 Å². The summed E-state index contributed by atoms with van der Waals surface area (Å²) in [5.41, 5.74) is 0. The average Bonchev–Trinajstić information content (AvgIpc) is 2.91. The normalized spacial score (nSPS) is 25.0. The highest BCUT2D eigenvalue weighted by Crippen LogP contribution is 2.37. The van der Waals surface area contributed by atoms with Crippen LogP contribution in [0.2, 0.25) is 0 Å². The molecule has 1 aliphatic carbocycles. The van der Waals surface area contributed by atoms with Gasteiger partial charge in [0, 0.05) is 44.4 Å². The third kappa shape index (κ3) is 2.78. The van der Waals surface area contributed by atoms with Gasteiger partial charge in [0.1, 0.15) is 17.8 Å². The number of aryl methyl sites for hydroxylation is 1. The summed E-state index contributed by atoms with van der Waals surface area (Å²) in [5.74, 6) is 3.97. The topological polar surface area (TPSA) is 80.7 Å². The molecule has 0 unspecified atom stereocenters. The molecule has 0 spiro atoms. The van der Waals surface area contributed by atoms with Crippen LogP contribution >= 0.6 is 0 Å². The lowest BCUT2D eigenvalue weighted by atomic mass is 10.0. The van der Waals surface area contributed by atoms with Gasteiger partial charge in [-0.05, 0) is 19.3 Å². The maximum absolute atomic E-state index is 5.88. The fourth-order valence-electron chi connectivity index (χ4n) is 3.07. The largest absolute Gasteiger partial charge is 0.370 e. The molecular weight excluding hydrogens is 280 g/mol. The maximum Gasteiger partial charge on any atom is 0.153 e. The van der Waals surface area contributed by atoms with E-state index in [4.69, 9.17) is 4.74 Å². The van der Waals surface area contributed by atoms with E-state index in [0.29, 0.717) is 11.8 Å². The van der Waals surface area contributed by atoms with Crippen LogP contribution in [-0.4, -0.2) is 37.9 Å². The molecule has 0 radical (unpaired) electrons. The van der Waals surface area contributed by atoms with Crippen molar-refractivity contribution in [2.45, 2.75) is 37.8 Å². The zero-order valence-corrected chi connectivity index (χ0v) is 12.8. The molecule has 2 aliphatic rings. The molecule has 0 aromatic carbocycles. The predicted octanol–water partition coefficient (Wildman–Crippen LogP) is 1.28. The van der Waals surface area contributed by atoms with Crippen LogP contribution in [0.1, 0.15) is 48.8 Å². The van der Waals surface area contributed by atoms with Gasteiger partial charge in [0.25, 0.3) is 0 Å². The fourth-order valence-corrected chi connectivity index (χ4v) is 3.07. The van der Waals surface area contributed by atoms with Gasteiger partial charge in [0.05, 0.1) is 6.54 Å². The SMILES string of the molecule is Cn1ccnc1[C@@H]1OCC[C@H]1CNCc1nc(C2CC2)n[nH]1. The fraction of sp³-hybridized carbons (Fsp3) is 0.667. The van der Waals surface area contributed by atoms with Crippen molar-refractivity contribution in [2.24, 2.45) is 13.0 Å². The Morgan fingerprint density at radius 1 is 1.41 bits per heavy atom. The summed E-state index contributed by atoms with van der Waals surface area (Å²) in [6.07, 6.45) is 7.41. The number of imidazole rings is 1. The Hall–Kier alpha value is -1.73. The van der Waals surface area contributed by atoms with Gasteiger partial charge in [-0.15, -0.1) is 0 Å². The van der Waals surface area contributed by atoms with Crippen LogP contribution in [-0.2, 0) is 18.3 Å². The minimum Gasteiger partial charge on any atom is -0.370 e. The van der Waals surface area contributed by atoms with Crippen molar-refractivity contribution in [1.82, 2.24) is 30.0 Å². The number of rotatable bonds is 6. The Labute approximate surface area is 129 Å². The van der Waals surface area contributed by atoms with Gasteiger partial charge < -0.3 is 14.6 Å². The van der Waals surface area contributed by atoms with Crippen LogP contribution in [0.4, 0.5) is 0 Å². The first-order valence-corrected chi connectivity index (χ1v) is 8.02. The first-order chi connectivity index (χ1) is 10.8. The van der Waals surface area contributed by atoms with E-state index in [1.165, 1.54) is 12.8 Å². The lowest BCUT2D eigenvalue weighted by Crippen LogP contribution is -2.26. The highest BCUT2D eigenvalue weighted by molar-refractivity contribution is 5.05. The molecule has 4 rings (SSSR count). The zero-order chi connectivity index (χ0) is 14.9. The second-order valence-corrected chi connectivity index (χ2v) is 6.28. The Bertz CT molecular complexity index is 632. The van der Waals surface area contributed by atoms with Gasteiger partial charge in [-0.25, -0.2) is 9.97 Å². The van der Waals surface area contributed by atoms with Crippen LogP contribution in [0.15, 0.2) is 12.4 Å². The van der Waals surface area contributed by atoms with Crippen molar-refractivity contribution >= 4 is 0 Å². The van der Waals surface area contributed by atoms with Crippen LogP contribution in [0, 0.1) is 5.92 Å². The number of H-pyrrole nitrogens is 1. The highest BCUT2D eigenvalue weighted by atomic mass is 16.5. The Balaban J connectivity index is 1.31. The summed E-state index contributed by atoms with van der Waals surface area (Å²) in [6.45, 7) is 2.43. The average molecular weight is 302 g/mol. The predicted molar refractivity (Wildman–Crippen MR) is 80.1 cm³/mol. The third-order valence-corrected chi connectivity index (χ3v) is 4.52. The smallest absolute Gasteiger partial charge is 0.153 e. The van der Waals surface area contributed by atoms with E-state index < -0.39 is 0 Å². The van der Waals surface area contributed by atoms with E-state index in [1.54, 1.807) is 0 Å². The highest BCUT2D eigenvalue weighted by Gasteiger charge is 2.32. The second-order valence-electron chi connectivity index (χ2n) is 6.28. The Morgan fingerprint density at radius 2 is 2.32 bits per heavy atom. The van der Waals surface area contributed by atoms with E-state index >= 15 is 0 Å². The minimum absolute atomic E-state index is 0.0873. The van der Waals surface area contributed by atoms with E-state index in [-0.39, 0.29) is 6.10 Å². The van der Waals surface area contributed by atoms with Crippen molar-refractivity contribution < 1.29 is 4.74 Å². The summed E-state index contributed by atoms with van der Waals surface area (Å²) in [5, 5.41) is 10.8. The van der Waals surface area contributed by atoms with Crippen molar-refractivity contribution in [3.63, 3.8) is 0 Å². The molecule has 2 aromatic rings. The molecular formula is C15H22N6O. The van der Waals surface area contributed by atoms with Gasteiger partial charge in [0.2, 0.25) is 0 Å². The summed E-state index contributed by atoms with van der Waals surface area (Å²) in [7, 11) is 2.02. The minimum atomic E-state index is 0.0873. The van der Waals surface area contributed by atoms with E-state index in [0.717, 1.165) is 43.6 Å². The first-order valence-electron chi connectivity index (χ1n) is 8.02. The number of aromatic nitrogens is 5. The monoisotopic (exact) mass is 302 g/mol. The first kappa shape index (κ1) is 13.9.